The number of rotatable bonds is 2. The van der Waals surface area contributed by atoms with Crippen molar-refractivity contribution >= 4 is 34.0 Å². The van der Waals surface area contributed by atoms with Crippen molar-refractivity contribution in [3.05, 3.63) is 41.4 Å². The molecule has 1 atom stereocenters. The topological polar surface area (TPSA) is 71.1 Å². The number of anilines is 2. The first-order chi connectivity index (χ1) is 9.24. The van der Waals surface area contributed by atoms with E-state index >= 15 is 0 Å². The Morgan fingerprint density at radius 2 is 2.26 bits per heavy atom. The van der Waals surface area contributed by atoms with Crippen LogP contribution in [0, 0.1) is 0 Å². The molecule has 6 heteroatoms. The van der Waals surface area contributed by atoms with Gasteiger partial charge in [-0.25, -0.2) is 4.98 Å². The number of aromatic nitrogens is 1. The number of thiazole rings is 1. The van der Waals surface area contributed by atoms with Crippen LogP contribution in [-0.4, -0.2) is 16.8 Å². The molecule has 2 heterocycles. The number of nitrogens with one attached hydrogen (secondary N) is 2. The summed E-state index contributed by atoms with van der Waals surface area (Å²) in [7, 11) is 0. The normalized spacial score (nSPS) is 17.5. The number of fused-ring (bicyclic) bond motifs is 1. The quantitative estimate of drug-likeness (QED) is 0.881. The van der Waals surface area contributed by atoms with Crippen molar-refractivity contribution < 1.29 is 9.59 Å². The Kier molecular flexibility index (Phi) is 3.00. The van der Waals surface area contributed by atoms with Gasteiger partial charge in [0.1, 0.15) is 0 Å². The third kappa shape index (κ3) is 2.34. The van der Waals surface area contributed by atoms with Gasteiger partial charge in [-0.2, -0.15) is 0 Å². The second-order valence-corrected chi connectivity index (χ2v) is 5.11. The van der Waals surface area contributed by atoms with E-state index in [0.29, 0.717) is 10.8 Å². The van der Waals surface area contributed by atoms with Gasteiger partial charge in [-0.05, 0) is 11.6 Å². The lowest BCUT2D eigenvalue weighted by Crippen LogP contribution is -2.30. The van der Waals surface area contributed by atoms with Crippen molar-refractivity contribution in [3.8, 4) is 0 Å². The zero-order valence-electron chi connectivity index (χ0n) is 9.92. The molecule has 2 N–H and O–H groups in total. The largest absolute Gasteiger partial charge is 0.326 e. The summed E-state index contributed by atoms with van der Waals surface area (Å²) < 4.78 is 0. The van der Waals surface area contributed by atoms with Crippen LogP contribution in [-0.2, 0) is 9.59 Å². The summed E-state index contributed by atoms with van der Waals surface area (Å²) in [5, 5.41) is 7.85. The number of hydrogen-bond donors (Lipinski definition) is 2. The van der Waals surface area contributed by atoms with Crippen molar-refractivity contribution in [2.24, 2.45) is 0 Å². The summed E-state index contributed by atoms with van der Waals surface area (Å²) in [6.45, 7) is 0. The molecule has 0 unspecified atom stereocenters. The monoisotopic (exact) mass is 273 g/mol. The van der Waals surface area contributed by atoms with Crippen molar-refractivity contribution in [1.82, 2.24) is 4.98 Å². The number of hydrogen-bond acceptors (Lipinski definition) is 4. The molecule has 0 fully saturated rings. The van der Waals surface area contributed by atoms with E-state index in [1.807, 2.05) is 18.2 Å². The van der Waals surface area contributed by atoms with E-state index < -0.39 is 5.92 Å². The standard InChI is InChI=1S/C13H11N3O2S/c17-11-7-9(8-3-1-2-4-10(8)15-11)12(18)16-13-14-5-6-19-13/h1-6,9H,7H2,(H,15,17)(H,14,16,18)/t9-/m0/s1. The van der Waals surface area contributed by atoms with E-state index in [0.717, 1.165) is 5.56 Å². The summed E-state index contributed by atoms with van der Waals surface area (Å²) >= 11 is 1.35. The molecule has 1 aromatic heterocycles. The summed E-state index contributed by atoms with van der Waals surface area (Å²) in [6.07, 6.45) is 1.79. The first kappa shape index (κ1) is 11.9. The average Bonchev–Trinajstić information content (AvgIpc) is 2.90. The Morgan fingerprint density at radius 1 is 1.42 bits per heavy atom. The lowest BCUT2D eigenvalue weighted by atomic mass is 9.90. The first-order valence-electron chi connectivity index (χ1n) is 5.83. The van der Waals surface area contributed by atoms with Gasteiger partial charge < -0.3 is 10.6 Å². The highest BCUT2D eigenvalue weighted by molar-refractivity contribution is 7.13. The van der Waals surface area contributed by atoms with Gasteiger partial charge in [0, 0.05) is 23.7 Å². The number of carbonyl (C=O) groups excluding carboxylic acids is 2. The molecule has 3 rings (SSSR count). The van der Waals surface area contributed by atoms with E-state index in [-0.39, 0.29) is 18.2 Å². The minimum Gasteiger partial charge on any atom is -0.326 e. The van der Waals surface area contributed by atoms with Crippen molar-refractivity contribution in [2.75, 3.05) is 10.6 Å². The molecule has 0 bridgehead atoms. The molecule has 2 aromatic rings. The maximum absolute atomic E-state index is 12.2. The van der Waals surface area contributed by atoms with E-state index in [9.17, 15) is 9.59 Å². The molecule has 5 nitrogen and oxygen atoms in total. The van der Waals surface area contributed by atoms with Crippen LogP contribution in [0.3, 0.4) is 0 Å². The van der Waals surface area contributed by atoms with Crippen molar-refractivity contribution in [2.45, 2.75) is 12.3 Å². The van der Waals surface area contributed by atoms with Gasteiger partial charge in [0.15, 0.2) is 5.13 Å². The van der Waals surface area contributed by atoms with Crippen molar-refractivity contribution in [3.63, 3.8) is 0 Å². The number of benzene rings is 1. The number of carbonyl (C=O) groups is 2. The molecule has 96 valence electrons. The lowest BCUT2D eigenvalue weighted by molar-refractivity contribution is -0.123. The third-order valence-corrected chi connectivity index (χ3v) is 3.67. The third-order valence-electron chi connectivity index (χ3n) is 2.98. The highest BCUT2D eigenvalue weighted by atomic mass is 32.1. The van der Waals surface area contributed by atoms with Gasteiger partial charge in [0.25, 0.3) is 0 Å². The van der Waals surface area contributed by atoms with Crippen LogP contribution in [0.1, 0.15) is 17.9 Å². The second kappa shape index (κ2) is 4.81. The van der Waals surface area contributed by atoms with Gasteiger partial charge >= 0.3 is 0 Å². The van der Waals surface area contributed by atoms with Gasteiger partial charge in [-0.1, -0.05) is 18.2 Å². The number of nitrogens with zero attached hydrogens (tertiary/aromatic N) is 1. The predicted molar refractivity (Wildman–Crippen MR) is 73.2 cm³/mol. The molecule has 0 radical (unpaired) electrons. The Hall–Kier alpha value is -2.21. The fraction of sp³-hybridized carbons (Fsp3) is 0.154. The SMILES string of the molecule is O=C1C[C@H](C(=O)Nc2nccs2)c2ccccc2N1. The Labute approximate surface area is 113 Å². The zero-order valence-corrected chi connectivity index (χ0v) is 10.7. The van der Waals surface area contributed by atoms with E-state index in [1.165, 1.54) is 11.3 Å². The smallest absolute Gasteiger partial charge is 0.234 e. The number of amides is 2. The molecule has 0 saturated carbocycles. The minimum atomic E-state index is -0.464. The summed E-state index contributed by atoms with van der Waals surface area (Å²) in [4.78, 5) is 27.9. The molecule has 2 amide bonds. The van der Waals surface area contributed by atoms with Crippen LogP contribution < -0.4 is 10.6 Å². The van der Waals surface area contributed by atoms with Gasteiger partial charge in [-0.3, -0.25) is 9.59 Å². The Morgan fingerprint density at radius 3 is 3.05 bits per heavy atom. The zero-order chi connectivity index (χ0) is 13.2. The van der Waals surface area contributed by atoms with Crippen LogP contribution in [0.2, 0.25) is 0 Å². The highest BCUT2D eigenvalue weighted by Crippen LogP contribution is 2.32. The first-order valence-corrected chi connectivity index (χ1v) is 6.71. The number of para-hydroxylation sites is 1. The van der Waals surface area contributed by atoms with Gasteiger partial charge in [0.05, 0.1) is 5.92 Å². The Bertz CT molecular complexity index is 625. The Balaban J connectivity index is 1.88. The predicted octanol–water partition coefficient (Wildman–Crippen LogP) is 2.21. The van der Waals surface area contributed by atoms with Gasteiger partial charge in [-0.15, -0.1) is 11.3 Å². The molecular weight excluding hydrogens is 262 g/mol. The van der Waals surface area contributed by atoms with Crippen molar-refractivity contribution in [1.29, 1.82) is 0 Å². The molecular formula is C13H11N3O2S. The van der Waals surface area contributed by atoms with Crippen LogP contribution in [0.4, 0.5) is 10.8 Å². The maximum Gasteiger partial charge on any atom is 0.234 e. The lowest BCUT2D eigenvalue weighted by Gasteiger charge is -2.24. The molecule has 0 spiro atoms. The molecule has 1 aromatic carbocycles. The van der Waals surface area contributed by atoms with Crippen LogP contribution in [0.15, 0.2) is 35.8 Å². The van der Waals surface area contributed by atoms with E-state index in [4.69, 9.17) is 0 Å². The summed E-state index contributed by atoms with van der Waals surface area (Å²) in [5.74, 6) is -0.802. The molecule has 1 aliphatic heterocycles. The average molecular weight is 273 g/mol. The molecule has 1 aliphatic rings. The minimum absolute atomic E-state index is 0.141. The van der Waals surface area contributed by atoms with E-state index in [2.05, 4.69) is 15.6 Å². The maximum atomic E-state index is 12.2. The van der Waals surface area contributed by atoms with Gasteiger partial charge in [0.2, 0.25) is 11.8 Å². The molecule has 0 aliphatic carbocycles. The summed E-state index contributed by atoms with van der Waals surface area (Å²) in [5.41, 5.74) is 1.55. The van der Waals surface area contributed by atoms with Crippen LogP contribution in [0.5, 0.6) is 0 Å². The second-order valence-electron chi connectivity index (χ2n) is 4.22. The fourth-order valence-electron chi connectivity index (χ4n) is 2.12. The molecule has 19 heavy (non-hydrogen) atoms. The fourth-order valence-corrected chi connectivity index (χ4v) is 2.65. The van der Waals surface area contributed by atoms with E-state index in [1.54, 1.807) is 17.6 Å². The van der Waals surface area contributed by atoms with Crippen LogP contribution >= 0.6 is 11.3 Å². The summed E-state index contributed by atoms with van der Waals surface area (Å²) in [6, 6.07) is 7.36. The van der Waals surface area contributed by atoms with Crippen LogP contribution in [0.25, 0.3) is 0 Å². The highest BCUT2D eigenvalue weighted by Gasteiger charge is 2.30. The molecule has 0 saturated heterocycles.